The summed E-state index contributed by atoms with van der Waals surface area (Å²) in [6, 6.07) is 18.2. The highest BCUT2D eigenvalue weighted by Gasteiger charge is 2.52. The molecule has 0 aliphatic carbocycles. The van der Waals surface area contributed by atoms with Crippen molar-refractivity contribution in [1.29, 1.82) is 0 Å². The van der Waals surface area contributed by atoms with Gasteiger partial charge in [-0.25, -0.2) is 4.79 Å². The van der Waals surface area contributed by atoms with E-state index < -0.39 is 24.2 Å². The van der Waals surface area contributed by atoms with Crippen molar-refractivity contribution in [3.63, 3.8) is 0 Å². The van der Waals surface area contributed by atoms with Gasteiger partial charge in [0.2, 0.25) is 5.91 Å². The molecule has 1 aromatic heterocycles. The van der Waals surface area contributed by atoms with Crippen molar-refractivity contribution in [2.45, 2.75) is 44.8 Å². The number of para-hydroxylation sites is 1. The lowest BCUT2D eigenvalue weighted by Gasteiger charge is -2.29. The molecule has 3 atom stereocenters. The lowest BCUT2D eigenvalue weighted by Crippen LogP contribution is -2.52. The van der Waals surface area contributed by atoms with Gasteiger partial charge in [-0.15, -0.1) is 16.4 Å². The molecule has 2 N–H and O–H groups in total. The second-order valence-electron chi connectivity index (χ2n) is 10.5. The Morgan fingerprint density at radius 3 is 2.45 bits per heavy atom. The van der Waals surface area contributed by atoms with Crippen molar-refractivity contribution >= 4 is 40.7 Å². The van der Waals surface area contributed by atoms with Crippen LogP contribution >= 0.6 is 11.3 Å². The third kappa shape index (κ3) is 6.08. The molecular weight excluding hydrogens is 528 g/mol. The molecule has 0 saturated carbocycles. The monoisotopic (exact) mass is 560 g/mol. The van der Waals surface area contributed by atoms with Gasteiger partial charge in [0.25, 0.3) is 5.91 Å². The molecule has 208 valence electrons. The number of anilines is 1. The van der Waals surface area contributed by atoms with Crippen molar-refractivity contribution in [3.05, 3.63) is 77.7 Å². The third-order valence-corrected chi connectivity index (χ3v) is 8.06. The maximum atomic E-state index is 13.7. The first-order valence-corrected chi connectivity index (χ1v) is 14.3. The highest BCUT2D eigenvalue weighted by molar-refractivity contribution is 7.13. The van der Waals surface area contributed by atoms with Gasteiger partial charge in [0.1, 0.15) is 12.1 Å². The molecule has 5 rings (SSSR count). The quantitative estimate of drug-likeness (QED) is 0.418. The van der Waals surface area contributed by atoms with E-state index in [4.69, 9.17) is 4.84 Å². The van der Waals surface area contributed by atoms with E-state index in [1.165, 1.54) is 5.06 Å². The summed E-state index contributed by atoms with van der Waals surface area (Å²) in [7, 11) is 0. The lowest BCUT2D eigenvalue weighted by molar-refractivity contribution is -0.138. The topological polar surface area (TPSA) is 108 Å². The van der Waals surface area contributed by atoms with Crippen molar-refractivity contribution in [1.82, 2.24) is 15.3 Å². The minimum absolute atomic E-state index is 0.0981. The Morgan fingerprint density at radius 1 is 1.02 bits per heavy atom. The summed E-state index contributed by atoms with van der Waals surface area (Å²) in [5.41, 5.74) is 2.06. The molecule has 0 radical (unpaired) electrons. The van der Waals surface area contributed by atoms with Gasteiger partial charge in [-0.2, -0.15) is 0 Å². The number of thiophene rings is 1. The molecule has 0 bridgehead atoms. The first-order chi connectivity index (χ1) is 19.3. The number of likely N-dealkylation sites (tertiary alicyclic amines) is 1. The Morgan fingerprint density at radius 2 is 1.77 bits per heavy atom. The average molecular weight is 561 g/mol. The predicted molar refractivity (Wildman–Crippen MR) is 153 cm³/mol. The fraction of sp³-hybridized carbons (Fsp3) is 0.333. The molecule has 3 aromatic rings. The lowest BCUT2D eigenvalue weighted by atomic mass is 10.0. The number of carbonyl (C=O) groups is 4. The Labute approximate surface area is 237 Å². The molecule has 3 unspecified atom stereocenters. The van der Waals surface area contributed by atoms with Gasteiger partial charge < -0.3 is 15.1 Å². The molecule has 3 amide bonds. The van der Waals surface area contributed by atoms with Crippen LogP contribution in [0.2, 0.25) is 0 Å². The summed E-state index contributed by atoms with van der Waals surface area (Å²) in [5, 5.41) is 8.92. The summed E-state index contributed by atoms with van der Waals surface area (Å²) < 4.78 is 0. The normalized spacial score (nSPS) is 19.4. The first-order valence-electron chi connectivity index (χ1n) is 13.4. The number of hydrogen-bond acceptors (Lipinski definition) is 7. The van der Waals surface area contributed by atoms with Crippen molar-refractivity contribution in [2.75, 3.05) is 18.4 Å². The number of fused-ring (bicyclic) bond motifs is 1. The maximum Gasteiger partial charge on any atom is 0.430 e. The van der Waals surface area contributed by atoms with E-state index in [1.807, 2.05) is 49.6 Å². The third-order valence-electron chi connectivity index (χ3n) is 7.14. The molecule has 2 aliphatic rings. The van der Waals surface area contributed by atoms with E-state index in [0.717, 1.165) is 10.4 Å². The van der Waals surface area contributed by atoms with Gasteiger partial charge in [-0.05, 0) is 60.0 Å². The maximum absolute atomic E-state index is 13.7. The summed E-state index contributed by atoms with van der Waals surface area (Å²) in [6.45, 7) is 4.20. The zero-order chi connectivity index (χ0) is 28.2. The smallest absolute Gasteiger partial charge is 0.350 e. The Kier molecular flexibility index (Phi) is 8.27. The number of amides is 3. The van der Waals surface area contributed by atoms with Gasteiger partial charge in [0.05, 0.1) is 12.6 Å². The van der Waals surface area contributed by atoms with Crippen LogP contribution < -0.4 is 10.6 Å². The Hall–Kier alpha value is -4.02. The molecule has 9 nitrogen and oxygen atoms in total. The fourth-order valence-corrected chi connectivity index (χ4v) is 6.04. The first kappa shape index (κ1) is 27.5. The van der Waals surface area contributed by atoms with Crippen LogP contribution in [0.25, 0.3) is 10.4 Å². The van der Waals surface area contributed by atoms with Crippen LogP contribution in [0.3, 0.4) is 0 Å². The largest absolute Gasteiger partial charge is 0.430 e. The van der Waals surface area contributed by atoms with Gasteiger partial charge >= 0.3 is 6.09 Å². The van der Waals surface area contributed by atoms with Crippen molar-refractivity contribution in [3.8, 4) is 10.4 Å². The molecule has 2 saturated heterocycles. The van der Waals surface area contributed by atoms with Gasteiger partial charge in [-0.3, -0.25) is 19.7 Å². The predicted octanol–water partition coefficient (Wildman–Crippen LogP) is 4.58. The molecular formula is C30H32N4O5S. The number of ketones is 1. The van der Waals surface area contributed by atoms with E-state index in [0.29, 0.717) is 30.6 Å². The fourth-order valence-electron chi connectivity index (χ4n) is 5.31. The standard InChI is InChI=1S/C30H32N4O5S/c1-19(2)17-23(32-28(36)21-12-10-20(11-13-21)26-9-6-16-40-26)29(37)33-15-14-24-27(33)25(35)18-34(24)39-30(38)31-22-7-4-3-5-8-22/h3-13,16,19,23-24,27H,14-15,17-18H2,1-2H3,(H,31,38)(H,32,36). The summed E-state index contributed by atoms with van der Waals surface area (Å²) >= 11 is 1.62. The van der Waals surface area contributed by atoms with Crippen LogP contribution in [0.5, 0.6) is 0 Å². The minimum Gasteiger partial charge on any atom is -0.350 e. The number of hydroxylamine groups is 2. The highest BCUT2D eigenvalue weighted by atomic mass is 32.1. The number of nitrogens with zero attached hydrogens (tertiary/aromatic N) is 2. The van der Waals surface area contributed by atoms with E-state index in [2.05, 4.69) is 10.6 Å². The minimum atomic E-state index is -0.785. The van der Waals surface area contributed by atoms with Crippen molar-refractivity contribution in [2.24, 2.45) is 5.92 Å². The van der Waals surface area contributed by atoms with Crippen LogP contribution in [-0.4, -0.2) is 64.9 Å². The molecule has 0 spiro atoms. The van der Waals surface area contributed by atoms with Crippen LogP contribution in [0.15, 0.2) is 72.1 Å². The average Bonchev–Trinajstić information content (AvgIpc) is 3.68. The number of nitrogens with one attached hydrogen (secondary N) is 2. The van der Waals surface area contributed by atoms with Gasteiger partial charge in [0, 0.05) is 22.7 Å². The number of hydrogen-bond donors (Lipinski definition) is 2. The molecule has 2 fully saturated rings. The van der Waals surface area contributed by atoms with E-state index in [1.54, 1.807) is 52.6 Å². The second kappa shape index (κ2) is 12.0. The Balaban J connectivity index is 1.24. The highest BCUT2D eigenvalue weighted by Crippen LogP contribution is 2.31. The van der Waals surface area contributed by atoms with Crippen LogP contribution in [0.4, 0.5) is 10.5 Å². The van der Waals surface area contributed by atoms with E-state index >= 15 is 0 Å². The number of Topliss-reactive ketones (excluding diaryl/α,β-unsaturated/α-hetero) is 1. The Bertz CT molecular complexity index is 1360. The van der Waals surface area contributed by atoms with Crippen molar-refractivity contribution < 1.29 is 24.0 Å². The summed E-state index contributed by atoms with van der Waals surface area (Å²) in [5.74, 6) is -0.696. The molecule has 2 aromatic carbocycles. The molecule has 2 aliphatic heterocycles. The SMILES string of the molecule is CC(C)CC(NC(=O)c1ccc(-c2cccs2)cc1)C(=O)N1CCC2C1C(=O)CN2OC(=O)Nc1ccccc1. The summed E-state index contributed by atoms with van der Waals surface area (Å²) in [6.07, 6.45) is 0.215. The summed E-state index contributed by atoms with van der Waals surface area (Å²) in [4.78, 5) is 60.4. The molecule has 40 heavy (non-hydrogen) atoms. The van der Waals surface area contributed by atoms with Crippen LogP contribution in [0, 0.1) is 5.92 Å². The molecule has 10 heteroatoms. The molecule has 3 heterocycles. The second-order valence-corrected chi connectivity index (χ2v) is 11.4. The van der Waals surface area contributed by atoms with Gasteiger partial charge in [-0.1, -0.05) is 50.2 Å². The zero-order valence-electron chi connectivity index (χ0n) is 22.4. The van der Waals surface area contributed by atoms with E-state index in [-0.39, 0.29) is 30.1 Å². The van der Waals surface area contributed by atoms with Gasteiger partial charge in [0.15, 0.2) is 5.78 Å². The number of rotatable bonds is 8. The number of carbonyl (C=O) groups excluding carboxylic acids is 4. The van der Waals surface area contributed by atoms with Crippen LogP contribution in [-0.2, 0) is 14.4 Å². The zero-order valence-corrected chi connectivity index (χ0v) is 23.2. The number of benzene rings is 2. The van der Waals surface area contributed by atoms with Crippen LogP contribution in [0.1, 0.15) is 37.0 Å². The van der Waals surface area contributed by atoms with E-state index in [9.17, 15) is 19.2 Å².